The van der Waals surface area contributed by atoms with E-state index in [1.54, 1.807) is 12.3 Å². The Morgan fingerprint density at radius 3 is 2.83 bits per heavy atom. The number of hydroxylamine groups is 2. The summed E-state index contributed by atoms with van der Waals surface area (Å²) in [6.07, 6.45) is 2.92. The van der Waals surface area contributed by atoms with E-state index in [0.717, 1.165) is 10.6 Å². The molecule has 2 rings (SSSR count). The Hall–Kier alpha value is -2.21. The third-order valence-electron chi connectivity index (χ3n) is 2.64. The molecule has 1 amide bonds. The van der Waals surface area contributed by atoms with Crippen molar-refractivity contribution in [2.45, 2.75) is 6.92 Å². The number of nitrogens with zero attached hydrogens (tertiary/aromatic N) is 3. The van der Waals surface area contributed by atoms with Crippen LogP contribution in [0.3, 0.4) is 0 Å². The van der Waals surface area contributed by atoms with Crippen LogP contribution in [-0.2, 0) is 4.84 Å². The standard InChI is InChI=1S/C12H13N3O3/c1-8-4-5-10-13-6-9(11(16)14(2)18-3)12(17)15(10)7-8/h4-7H,1-3H3. The SMILES string of the molecule is CON(C)C(=O)c1cnc2ccc(C)cn2c1=O. The van der Waals surface area contributed by atoms with Crippen molar-refractivity contribution < 1.29 is 9.63 Å². The first kappa shape index (κ1) is 12.3. The number of amides is 1. The smallest absolute Gasteiger partial charge is 0.274 e. The summed E-state index contributed by atoms with van der Waals surface area (Å²) in [5.74, 6) is -0.522. The number of rotatable bonds is 2. The van der Waals surface area contributed by atoms with Crippen molar-refractivity contribution in [2.75, 3.05) is 14.2 Å². The zero-order chi connectivity index (χ0) is 13.3. The molecule has 0 aromatic carbocycles. The first-order chi connectivity index (χ1) is 8.54. The molecule has 0 aliphatic heterocycles. The van der Waals surface area contributed by atoms with Crippen LogP contribution in [0.25, 0.3) is 5.65 Å². The number of carbonyl (C=O) groups excluding carboxylic acids is 1. The summed E-state index contributed by atoms with van der Waals surface area (Å²) in [5.41, 5.74) is 0.985. The van der Waals surface area contributed by atoms with Crippen molar-refractivity contribution in [3.63, 3.8) is 0 Å². The number of fused-ring (bicyclic) bond motifs is 1. The monoisotopic (exact) mass is 247 g/mol. The van der Waals surface area contributed by atoms with E-state index in [-0.39, 0.29) is 5.56 Å². The lowest BCUT2D eigenvalue weighted by atomic mass is 10.3. The number of aryl methyl sites for hydroxylation is 1. The van der Waals surface area contributed by atoms with Crippen LogP contribution in [0, 0.1) is 6.92 Å². The predicted octanol–water partition coefficient (Wildman–Crippen LogP) is 0.636. The normalized spacial score (nSPS) is 10.6. The highest BCUT2D eigenvalue weighted by Crippen LogP contribution is 2.03. The molecule has 2 aromatic heterocycles. The highest BCUT2D eigenvalue weighted by Gasteiger charge is 2.17. The van der Waals surface area contributed by atoms with Gasteiger partial charge in [0.1, 0.15) is 11.2 Å². The van der Waals surface area contributed by atoms with Gasteiger partial charge in [0.15, 0.2) is 0 Å². The Balaban J connectivity index is 2.64. The van der Waals surface area contributed by atoms with E-state index in [0.29, 0.717) is 5.65 Å². The molecule has 2 heterocycles. The van der Waals surface area contributed by atoms with Gasteiger partial charge in [-0.15, -0.1) is 0 Å². The van der Waals surface area contributed by atoms with Gasteiger partial charge in [-0.1, -0.05) is 6.07 Å². The molecule has 0 fully saturated rings. The Kier molecular flexibility index (Phi) is 3.12. The highest BCUT2D eigenvalue weighted by molar-refractivity contribution is 5.92. The first-order valence-electron chi connectivity index (χ1n) is 5.35. The molecular weight excluding hydrogens is 234 g/mol. The van der Waals surface area contributed by atoms with E-state index in [1.165, 1.54) is 24.8 Å². The maximum Gasteiger partial charge on any atom is 0.284 e. The lowest BCUT2D eigenvalue weighted by molar-refractivity contribution is -0.0758. The van der Waals surface area contributed by atoms with Gasteiger partial charge in [-0.05, 0) is 18.6 Å². The average Bonchev–Trinajstić information content (AvgIpc) is 2.38. The average molecular weight is 247 g/mol. The molecule has 94 valence electrons. The van der Waals surface area contributed by atoms with Gasteiger partial charge < -0.3 is 0 Å². The second kappa shape index (κ2) is 4.58. The molecule has 18 heavy (non-hydrogen) atoms. The molecule has 0 aliphatic rings. The van der Waals surface area contributed by atoms with Crippen LogP contribution in [0.2, 0.25) is 0 Å². The number of aromatic nitrogens is 2. The van der Waals surface area contributed by atoms with Crippen LogP contribution in [-0.4, -0.2) is 34.5 Å². The van der Waals surface area contributed by atoms with Gasteiger partial charge in [0.2, 0.25) is 0 Å². The maximum atomic E-state index is 12.2. The fourth-order valence-corrected chi connectivity index (χ4v) is 1.58. The fourth-order valence-electron chi connectivity index (χ4n) is 1.58. The Bertz CT molecular complexity index is 663. The largest absolute Gasteiger partial charge is 0.284 e. The molecule has 0 saturated heterocycles. The van der Waals surface area contributed by atoms with Gasteiger partial charge >= 0.3 is 0 Å². The highest BCUT2D eigenvalue weighted by atomic mass is 16.7. The maximum absolute atomic E-state index is 12.2. The number of carbonyl (C=O) groups is 1. The van der Waals surface area contributed by atoms with E-state index in [1.807, 2.05) is 13.0 Å². The molecule has 0 spiro atoms. The molecule has 0 N–H and O–H groups in total. The van der Waals surface area contributed by atoms with Crippen molar-refractivity contribution in [2.24, 2.45) is 0 Å². The van der Waals surface area contributed by atoms with Gasteiger partial charge in [-0.3, -0.25) is 18.8 Å². The van der Waals surface area contributed by atoms with E-state index in [9.17, 15) is 9.59 Å². The molecule has 0 atom stereocenters. The van der Waals surface area contributed by atoms with E-state index >= 15 is 0 Å². The van der Waals surface area contributed by atoms with Crippen molar-refractivity contribution in [3.8, 4) is 0 Å². The summed E-state index contributed by atoms with van der Waals surface area (Å²) < 4.78 is 1.35. The Labute approximate surface area is 103 Å². The molecule has 6 nitrogen and oxygen atoms in total. The van der Waals surface area contributed by atoms with Crippen LogP contribution in [0.5, 0.6) is 0 Å². The van der Waals surface area contributed by atoms with Crippen molar-refractivity contribution in [3.05, 3.63) is 46.0 Å². The summed E-state index contributed by atoms with van der Waals surface area (Å²) in [6, 6.07) is 3.58. The number of hydrogen-bond donors (Lipinski definition) is 0. The van der Waals surface area contributed by atoms with E-state index in [4.69, 9.17) is 4.84 Å². The molecule has 0 aliphatic carbocycles. The molecular formula is C12H13N3O3. The Morgan fingerprint density at radius 1 is 1.44 bits per heavy atom. The fraction of sp³-hybridized carbons (Fsp3) is 0.250. The molecule has 2 aromatic rings. The molecule has 0 radical (unpaired) electrons. The van der Waals surface area contributed by atoms with Crippen LogP contribution >= 0.6 is 0 Å². The number of hydrogen-bond acceptors (Lipinski definition) is 4. The molecule has 0 bridgehead atoms. The Morgan fingerprint density at radius 2 is 2.17 bits per heavy atom. The minimum absolute atomic E-state index is 0.0255. The van der Waals surface area contributed by atoms with Crippen LogP contribution < -0.4 is 5.56 Å². The van der Waals surface area contributed by atoms with Gasteiger partial charge in [0.05, 0.1) is 7.11 Å². The van der Waals surface area contributed by atoms with Gasteiger partial charge in [0, 0.05) is 19.4 Å². The second-order valence-electron chi connectivity index (χ2n) is 3.90. The predicted molar refractivity (Wildman–Crippen MR) is 65.3 cm³/mol. The molecule has 0 unspecified atom stereocenters. The van der Waals surface area contributed by atoms with Gasteiger partial charge in [-0.2, -0.15) is 0 Å². The minimum atomic E-state index is -0.522. The van der Waals surface area contributed by atoms with Crippen molar-refractivity contribution in [1.29, 1.82) is 0 Å². The third kappa shape index (κ3) is 1.98. The van der Waals surface area contributed by atoms with Gasteiger partial charge in [0.25, 0.3) is 11.5 Å². The lowest BCUT2D eigenvalue weighted by Gasteiger charge is -2.13. The zero-order valence-corrected chi connectivity index (χ0v) is 10.4. The summed E-state index contributed by atoms with van der Waals surface area (Å²) in [7, 11) is 2.79. The topological polar surface area (TPSA) is 63.9 Å². The van der Waals surface area contributed by atoms with Crippen molar-refractivity contribution in [1.82, 2.24) is 14.4 Å². The quantitative estimate of drug-likeness (QED) is 0.730. The summed E-state index contributed by atoms with van der Waals surface area (Å²) in [6.45, 7) is 1.86. The minimum Gasteiger partial charge on any atom is -0.274 e. The number of pyridine rings is 1. The zero-order valence-electron chi connectivity index (χ0n) is 10.4. The van der Waals surface area contributed by atoms with Gasteiger partial charge in [-0.25, -0.2) is 10.0 Å². The van der Waals surface area contributed by atoms with Crippen LogP contribution in [0.1, 0.15) is 15.9 Å². The van der Waals surface area contributed by atoms with Crippen molar-refractivity contribution >= 4 is 11.6 Å². The lowest BCUT2D eigenvalue weighted by Crippen LogP contribution is -2.32. The van der Waals surface area contributed by atoms with Crippen LogP contribution in [0.4, 0.5) is 0 Å². The van der Waals surface area contributed by atoms with Crippen LogP contribution in [0.15, 0.2) is 29.3 Å². The first-order valence-corrected chi connectivity index (χ1v) is 5.35. The summed E-state index contributed by atoms with van der Waals surface area (Å²) in [5, 5.41) is 0.987. The van der Waals surface area contributed by atoms with E-state index in [2.05, 4.69) is 4.98 Å². The summed E-state index contributed by atoms with van der Waals surface area (Å²) in [4.78, 5) is 32.9. The molecule has 6 heteroatoms. The summed E-state index contributed by atoms with van der Waals surface area (Å²) >= 11 is 0. The van der Waals surface area contributed by atoms with E-state index < -0.39 is 11.5 Å². The molecule has 0 saturated carbocycles. The second-order valence-corrected chi connectivity index (χ2v) is 3.90. The third-order valence-corrected chi connectivity index (χ3v) is 2.64.